The molecule has 0 bridgehead atoms. The van der Waals surface area contributed by atoms with Crippen molar-refractivity contribution >= 4 is 5.91 Å². The Bertz CT molecular complexity index is 246. The van der Waals surface area contributed by atoms with Crippen LogP contribution in [0.15, 0.2) is 0 Å². The van der Waals surface area contributed by atoms with Crippen LogP contribution >= 0.6 is 0 Å². The van der Waals surface area contributed by atoms with E-state index in [1.807, 2.05) is 0 Å². The molecule has 0 spiro atoms. The summed E-state index contributed by atoms with van der Waals surface area (Å²) >= 11 is 0. The van der Waals surface area contributed by atoms with Gasteiger partial charge in [0.15, 0.2) is 6.29 Å². The zero-order valence-electron chi connectivity index (χ0n) is 6.94. The molecule has 82 valence electrons. The van der Waals surface area contributed by atoms with E-state index >= 15 is 0 Å². The molecule has 8 nitrogen and oxygen atoms in total. The van der Waals surface area contributed by atoms with Crippen LogP contribution in [0.1, 0.15) is 0 Å². The van der Waals surface area contributed by atoms with E-state index in [2.05, 4.69) is 10.5 Å². The molecular formula is C6H11NO7. The molecule has 1 amide bonds. The fraction of sp³-hybridized carbons (Fsp3) is 0.833. The van der Waals surface area contributed by atoms with Crippen molar-refractivity contribution in [2.24, 2.45) is 5.73 Å². The third-order valence-corrected chi connectivity index (χ3v) is 2.02. The lowest BCUT2D eigenvalue weighted by molar-refractivity contribution is -0.365. The first kappa shape index (κ1) is 11.3. The highest BCUT2D eigenvalue weighted by Crippen LogP contribution is 2.26. The van der Waals surface area contributed by atoms with Gasteiger partial charge in [0.2, 0.25) is 0 Å². The van der Waals surface area contributed by atoms with E-state index < -0.39 is 36.3 Å². The summed E-state index contributed by atoms with van der Waals surface area (Å²) in [6.45, 7) is 0. The average molecular weight is 209 g/mol. The summed E-state index contributed by atoms with van der Waals surface area (Å²) in [4.78, 5) is 10.7. The van der Waals surface area contributed by atoms with Crippen LogP contribution in [-0.4, -0.2) is 61.8 Å². The summed E-state index contributed by atoms with van der Waals surface area (Å²) in [5, 5.41) is 45.5. The number of carbonyl (C=O) groups is 1. The Morgan fingerprint density at radius 2 is 1.71 bits per heavy atom. The smallest absolute Gasteiger partial charge is 0.280 e. The second-order valence-electron chi connectivity index (χ2n) is 3.00. The number of primary amides is 1. The summed E-state index contributed by atoms with van der Waals surface area (Å²) in [6, 6.07) is 0. The molecule has 0 aliphatic carbocycles. The SMILES string of the molecule is NC(=O)[C@]1(O)O[C@H](O)[C@H](O)[C@H](O)[C@H]1O. The largest absolute Gasteiger partial charge is 0.387 e. The molecule has 0 saturated carbocycles. The quantitative estimate of drug-likeness (QED) is 0.255. The van der Waals surface area contributed by atoms with Gasteiger partial charge < -0.3 is 36.0 Å². The number of ether oxygens (including phenoxy) is 1. The maximum Gasteiger partial charge on any atom is 0.280 e. The first-order chi connectivity index (χ1) is 6.30. The van der Waals surface area contributed by atoms with Crippen molar-refractivity contribution in [3.63, 3.8) is 0 Å². The van der Waals surface area contributed by atoms with E-state index in [0.717, 1.165) is 0 Å². The highest BCUT2D eigenvalue weighted by Gasteiger charge is 2.56. The molecule has 0 aromatic rings. The molecule has 1 heterocycles. The minimum Gasteiger partial charge on any atom is -0.387 e. The van der Waals surface area contributed by atoms with E-state index in [9.17, 15) is 9.90 Å². The van der Waals surface area contributed by atoms with Gasteiger partial charge in [-0.2, -0.15) is 0 Å². The third kappa shape index (κ3) is 1.47. The van der Waals surface area contributed by atoms with Gasteiger partial charge in [0, 0.05) is 0 Å². The van der Waals surface area contributed by atoms with Crippen LogP contribution in [0.3, 0.4) is 0 Å². The number of nitrogens with two attached hydrogens (primary N) is 1. The molecule has 8 heteroatoms. The highest BCUT2D eigenvalue weighted by molar-refractivity contribution is 5.82. The van der Waals surface area contributed by atoms with E-state index in [1.165, 1.54) is 0 Å². The van der Waals surface area contributed by atoms with Crippen molar-refractivity contribution in [3.05, 3.63) is 0 Å². The monoisotopic (exact) mass is 209 g/mol. The van der Waals surface area contributed by atoms with Gasteiger partial charge in [-0.1, -0.05) is 0 Å². The summed E-state index contributed by atoms with van der Waals surface area (Å²) < 4.78 is 4.21. The summed E-state index contributed by atoms with van der Waals surface area (Å²) in [5.74, 6) is -4.38. The summed E-state index contributed by atoms with van der Waals surface area (Å²) in [5.41, 5.74) is 4.68. The minimum atomic E-state index is -2.90. The topological polar surface area (TPSA) is 153 Å². The Hall–Kier alpha value is -0.770. The maximum absolute atomic E-state index is 10.7. The van der Waals surface area contributed by atoms with Gasteiger partial charge in [-0.15, -0.1) is 0 Å². The second-order valence-corrected chi connectivity index (χ2v) is 3.00. The molecule has 7 N–H and O–H groups in total. The number of amides is 1. The number of hydrogen-bond donors (Lipinski definition) is 6. The predicted octanol–water partition coefficient (Wildman–Crippen LogP) is -4.41. The summed E-state index contributed by atoms with van der Waals surface area (Å²) in [7, 11) is 0. The van der Waals surface area contributed by atoms with Gasteiger partial charge in [0.05, 0.1) is 0 Å². The second kappa shape index (κ2) is 3.42. The lowest BCUT2D eigenvalue weighted by Crippen LogP contribution is -2.68. The van der Waals surface area contributed by atoms with Crippen molar-refractivity contribution in [2.45, 2.75) is 30.4 Å². The molecule has 5 atom stereocenters. The Kier molecular flexibility index (Phi) is 2.76. The number of aliphatic hydroxyl groups excluding tert-OH is 4. The van der Waals surface area contributed by atoms with Gasteiger partial charge in [0.25, 0.3) is 11.7 Å². The van der Waals surface area contributed by atoms with E-state index in [0.29, 0.717) is 0 Å². The van der Waals surface area contributed by atoms with Gasteiger partial charge in [0.1, 0.15) is 18.3 Å². The van der Waals surface area contributed by atoms with Crippen molar-refractivity contribution in [1.82, 2.24) is 0 Å². The van der Waals surface area contributed by atoms with Crippen molar-refractivity contribution in [3.8, 4) is 0 Å². The molecule has 14 heavy (non-hydrogen) atoms. The van der Waals surface area contributed by atoms with Gasteiger partial charge >= 0.3 is 0 Å². The number of aliphatic hydroxyl groups is 5. The standard InChI is InChI=1S/C6H11NO7/c7-5(12)6(13)3(10)1(8)2(9)4(11)14-6/h1-4,8-11,13H,(H2,7,12)/t1-,2+,3+,4-,6+/m0/s1. The van der Waals surface area contributed by atoms with E-state index in [4.69, 9.17) is 20.4 Å². The zero-order valence-corrected chi connectivity index (χ0v) is 6.94. The summed E-state index contributed by atoms with van der Waals surface area (Å²) in [6.07, 6.45) is -7.90. The maximum atomic E-state index is 10.7. The Labute approximate surface area is 78.1 Å². The predicted molar refractivity (Wildman–Crippen MR) is 39.3 cm³/mol. The van der Waals surface area contributed by atoms with Gasteiger partial charge in [-0.25, -0.2) is 0 Å². The lowest BCUT2D eigenvalue weighted by atomic mass is 9.95. The van der Waals surface area contributed by atoms with Crippen LogP contribution < -0.4 is 5.73 Å². The molecule has 0 aromatic heterocycles. The third-order valence-electron chi connectivity index (χ3n) is 2.02. The number of rotatable bonds is 1. The number of carbonyl (C=O) groups excluding carboxylic acids is 1. The van der Waals surface area contributed by atoms with Crippen LogP contribution in [0.2, 0.25) is 0 Å². The highest BCUT2D eigenvalue weighted by atomic mass is 16.7. The van der Waals surface area contributed by atoms with E-state index in [1.54, 1.807) is 0 Å². The molecule has 0 aromatic carbocycles. The van der Waals surface area contributed by atoms with Crippen LogP contribution in [0.4, 0.5) is 0 Å². The molecule has 1 aliphatic heterocycles. The number of hydrogen-bond acceptors (Lipinski definition) is 7. The van der Waals surface area contributed by atoms with Crippen molar-refractivity contribution < 1.29 is 35.1 Å². The van der Waals surface area contributed by atoms with Crippen LogP contribution in [-0.2, 0) is 9.53 Å². The fourth-order valence-corrected chi connectivity index (χ4v) is 1.11. The van der Waals surface area contributed by atoms with Gasteiger partial charge in [-0.05, 0) is 0 Å². The molecule has 1 saturated heterocycles. The normalized spacial score (nSPS) is 48.9. The molecule has 0 unspecified atom stereocenters. The molecule has 1 rings (SSSR count). The Morgan fingerprint density at radius 1 is 1.21 bits per heavy atom. The Balaban J connectivity index is 2.96. The molecule has 1 aliphatic rings. The molecule has 0 radical (unpaired) electrons. The first-order valence-electron chi connectivity index (χ1n) is 3.73. The minimum absolute atomic E-state index is 1.48. The molecular weight excluding hydrogens is 198 g/mol. The van der Waals surface area contributed by atoms with E-state index in [-0.39, 0.29) is 0 Å². The zero-order chi connectivity index (χ0) is 11.1. The fourth-order valence-electron chi connectivity index (χ4n) is 1.11. The molecule has 1 fully saturated rings. The van der Waals surface area contributed by atoms with Crippen LogP contribution in [0, 0.1) is 0 Å². The van der Waals surface area contributed by atoms with Gasteiger partial charge in [-0.3, -0.25) is 4.79 Å². The van der Waals surface area contributed by atoms with Crippen molar-refractivity contribution in [2.75, 3.05) is 0 Å². The Morgan fingerprint density at radius 3 is 2.14 bits per heavy atom. The average Bonchev–Trinajstić information content (AvgIpc) is 2.11. The van der Waals surface area contributed by atoms with Crippen LogP contribution in [0.5, 0.6) is 0 Å². The van der Waals surface area contributed by atoms with Crippen molar-refractivity contribution in [1.29, 1.82) is 0 Å². The lowest BCUT2D eigenvalue weighted by Gasteiger charge is -2.41. The first-order valence-corrected chi connectivity index (χ1v) is 3.73. The van der Waals surface area contributed by atoms with Crippen LogP contribution in [0.25, 0.3) is 0 Å².